The lowest BCUT2D eigenvalue weighted by Gasteiger charge is -2.08. The van der Waals surface area contributed by atoms with E-state index in [1.165, 1.54) is 30.3 Å². The molecule has 0 fully saturated rings. The van der Waals surface area contributed by atoms with Gasteiger partial charge in [0.05, 0.1) is 10.5 Å². The second kappa shape index (κ2) is 6.36. The zero-order chi connectivity index (χ0) is 15.4. The lowest BCUT2D eigenvalue weighted by atomic mass is 10.2. The quantitative estimate of drug-likeness (QED) is 0.656. The lowest BCUT2D eigenvalue weighted by Crippen LogP contribution is -2.00. The van der Waals surface area contributed by atoms with Crippen molar-refractivity contribution in [3.63, 3.8) is 0 Å². The summed E-state index contributed by atoms with van der Waals surface area (Å²) < 4.78 is 5.87. The number of halogens is 1. The SMILES string of the molecule is O=C(O)c1ccc(OCc2cccc([N+](=O)[O-])c2Br)cc1. The van der Waals surface area contributed by atoms with Gasteiger partial charge in [-0.25, -0.2) is 4.79 Å². The number of nitro benzene ring substituents is 1. The Labute approximate surface area is 128 Å². The molecule has 0 unspecified atom stereocenters. The lowest BCUT2D eigenvalue weighted by molar-refractivity contribution is -0.385. The zero-order valence-electron chi connectivity index (χ0n) is 10.7. The minimum Gasteiger partial charge on any atom is -0.489 e. The maximum Gasteiger partial charge on any atom is 0.335 e. The number of ether oxygens (including phenoxy) is 1. The van der Waals surface area contributed by atoms with Crippen LogP contribution in [0, 0.1) is 10.1 Å². The van der Waals surface area contributed by atoms with Crippen LogP contribution in [0.2, 0.25) is 0 Å². The van der Waals surface area contributed by atoms with Crippen LogP contribution in [0.3, 0.4) is 0 Å². The number of hydrogen-bond donors (Lipinski definition) is 1. The zero-order valence-corrected chi connectivity index (χ0v) is 12.2. The maximum absolute atomic E-state index is 10.8. The third kappa shape index (κ3) is 3.57. The van der Waals surface area contributed by atoms with Gasteiger partial charge in [-0.1, -0.05) is 12.1 Å². The summed E-state index contributed by atoms with van der Waals surface area (Å²) in [7, 11) is 0. The second-order valence-corrected chi connectivity index (χ2v) is 4.92. The van der Waals surface area contributed by atoms with E-state index < -0.39 is 10.9 Å². The summed E-state index contributed by atoms with van der Waals surface area (Å²) in [6.45, 7) is 0.134. The number of nitrogens with zero attached hydrogens (tertiary/aromatic N) is 1. The Hall–Kier alpha value is -2.41. The minimum atomic E-state index is -1.01. The first-order valence-electron chi connectivity index (χ1n) is 5.87. The van der Waals surface area contributed by atoms with Crippen molar-refractivity contribution in [3.8, 4) is 5.75 Å². The predicted molar refractivity (Wildman–Crippen MR) is 78.5 cm³/mol. The Morgan fingerprint density at radius 2 is 1.90 bits per heavy atom. The van der Waals surface area contributed by atoms with Gasteiger partial charge in [0.15, 0.2) is 0 Å². The second-order valence-electron chi connectivity index (χ2n) is 4.13. The summed E-state index contributed by atoms with van der Waals surface area (Å²) in [5.74, 6) is -0.526. The monoisotopic (exact) mass is 351 g/mol. The van der Waals surface area contributed by atoms with Crippen molar-refractivity contribution in [1.29, 1.82) is 0 Å². The van der Waals surface area contributed by atoms with Crippen LogP contribution in [-0.2, 0) is 6.61 Å². The minimum absolute atomic E-state index is 0.0303. The number of rotatable bonds is 5. The van der Waals surface area contributed by atoms with Crippen LogP contribution in [0.25, 0.3) is 0 Å². The summed E-state index contributed by atoms with van der Waals surface area (Å²) in [5.41, 5.74) is 0.766. The molecule has 108 valence electrons. The fourth-order valence-electron chi connectivity index (χ4n) is 1.67. The summed E-state index contributed by atoms with van der Waals surface area (Å²) in [6.07, 6.45) is 0. The van der Waals surface area contributed by atoms with Crippen molar-refractivity contribution in [2.24, 2.45) is 0 Å². The van der Waals surface area contributed by atoms with Crippen LogP contribution in [0.5, 0.6) is 5.75 Å². The van der Waals surface area contributed by atoms with Gasteiger partial charge in [-0.15, -0.1) is 0 Å². The molecule has 2 rings (SSSR count). The largest absolute Gasteiger partial charge is 0.489 e. The van der Waals surface area contributed by atoms with Gasteiger partial charge < -0.3 is 9.84 Å². The Bertz CT molecular complexity index is 684. The van der Waals surface area contributed by atoms with Crippen molar-refractivity contribution < 1.29 is 19.6 Å². The molecule has 2 aromatic rings. The normalized spacial score (nSPS) is 10.1. The molecule has 7 heteroatoms. The van der Waals surface area contributed by atoms with E-state index in [1.807, 2.05) is 0 Å². The first kappa shape index (κ1) is 15.0. The molecule has 6 nitrogen and oxygen atoms in total. The van der Waals surface area contributed by atoms with Crippen LogP contribution in [0.4, 0.5) is 5.69 Å². The van der Waals surface area contributed by atoms with Crippen molar-refractivity contribution in [2.75, 3.05) is 0 Å². The number of benzene rings is 2. The third-order valence-electron chi connectivity index (χ3n) is 2.75. The van der Waals surface area contributed by atoms with E-state index in [4.69, 9.17) is 9.84 Å². The number of hydrogen-bond acceptors (Lipinski definition) is 4. The average molecular weight is 352 g/mol. The highest BCUT2D eigenvalue weighted by Crippen LogP contribution is 2.29. The molecule has 0 aliphatic heterocycles. The summed E-state index contributed by atoms with van der Waals surface area (Å²) in [6, 6.07) is 10.6. The van der Waals surface area contributed by atoms with Gasteiger partial charge in [0.2, 0.25) is 0 Å². The van der Waals surface area contributed by atoms with Crippen LogP contribution in [-0.4, -0.2) is 16.0 Å². The maximum atomic E-state index is 10.8. The molecule has 0 aliphatic carbocycles. The van der Waals surface area contributed by atoms with Crippen molar-refractivity contribution in [3.05, 3.63) is 68.2 Å². The van der Waals surface area contributed by atoms with E-state index in [0.29, 0.717) is 15.8 Å². The number of nitro groups is 1. The smallest absolute Gasteiger partial charge is 0.335 e. The van der Waals surface area contributed by atoms with Gasteiger partial charge in [-0.3, -0.25) is 10.1 Å². The highest BCUT2D eigenvalue weighted by molar-refractivity contribution is 9.10. The van der Waals surface area contributed by atoms with E-state index >= 15 is 0 Å². The Morgan fingerprint density at radius 3 is 2.48 bits per heavy atom. The molecule has 0 spiro atoms. The van der Waals surface area contributed by atoms with Crippen LogP contribution >= 0.6 is 15.9 Å². The summed E-state index contributed by atoms with van der Waals surface area (Å²) in [4.78, 5) is 21.1. The van der Waals surface area contributed by atoms with Gasteiger partial charge >= 0.3 is 5.97 Å². The van der Waals surface area contributed by atoms with Gasteiger partial charge in [0.1, 0.15) is 16.8 Å². The van der Waals surface area contributed by atoms with Crippen molar-refractivity contribution >= 4 is 27.6 Å². The molecular formula is C14H10BrNO5. The molecule has 21 heavy (non-hydrogen) atoms. The number of aromatic carboxylic acids is 1. The van der Waals surface area contributed by atoms with E-state index in [2.05, 4.69) is 15.9 Å². The molecule has 2 aromatic carbocycles. The first-order valence-corrected chi connectivity index (χ1v) is 6.66. The standard InChI is InChI=1S/C14H10BrNO5/c15-13-10(2-1-3-12(13)16(19)20)8-21-11-6-4-9(5-7-11)14(17)18/h1-7H,8H2,(H,17,18). The molecule has 1 N–H and O–H groups in total. The Morgan fingerprint density at radius 1 is 1.24 bits per heavy atom. The number of carboxylic acid groups (broad SMARTS) is 1. The van der Waals surface area contributed by atoms with E-state index in [0.717, 1.165) is 0 Å². The van der Waals surface area contributed by atoms with E-state index in [1.54, 1.807) is 12.1 Å². The average Bonchev–Trinajstić information content (AvgIpc) is 2.46. The van der Waals surface area contributed by atoms with Crippen LogP contribution < -0.4 is 4.74 Å². The molecule has 0 saturated carbocycles. The van der Waals surface area contributed by atoms with E-state index in [9.17, 15) is 14.9 Å². The first-order chi connectivity index (χ1) is 9.99. The highest BCUT2D eigenvalue weighted by atomic mass is 79.9. The van der Waals surface area contributed by atoms with E-state index in [-0.39, 0.29) is 17.9 Å². The van der Waals surface area contributed by atoms with Crippen LogP contribution in [0.15, 0.2) is 46.9 Å². The van der Waals surface area contributed by atoms with Gasteiger partial charge in [0.25, 0.3) is 5.69 Å². The molecule has 0 bridgehead atoms. The Kier molecular flexibility index (Phi) is 4.54. The van der Waals surface area contributed by atoms with Gasteiger partial charge in [-0.05, 0) is 40.2 Å². The number of carboxylic acids is 1. The molecule has 0 aromatic heterocycles. The topological polar surface area (TPSA) is 89.7 Å². The molecular weight excluding hydrogens is 342 g/mol. The van der Waals surface area contributed by atoms with Crippen molar-refractivity contribution in [1.82, 2.24) is 0 Å². The molecule has 0 atom stereocenters. The predicted octanol–water partition coefficient (Wildman–Crippen LogP) is 3.63. The van der Waals surface area contributed by atoms with Gasteiger partial charge in [0, 0.05) is 11.6 Å². The number of carbonyl (C=O) groups is 1. The molecule has 0 saturated heterocycles. The highest BCUT2D eigenvalue weighted by Gasteiger charge is 2.15. The molecule has 0 heterocycles. The molecule has 0 radical (unpaired) electrons. The fraction of sp³-hybridized carbons (Fsp3) is 0.0714. The van der Waals surface area contributed by atoms with Crippen LogP contribution in [0.1, 0.15) is 15.9 Å². The Balaban J connectivity index is 2.11. The van der Waals surface area contributed by atoms with Gasteiger partial charge in [-0.2, -0.15) is 0 Å². The molecule has 0 aliphatic rings. The molecule has 0 amide bonds. The fourth-order valence-corrected chi connectivity index (χ4v) is 2.20. The third-order valence-corrected chi connectivity index (χ3v) is 3.67. The summed E-state index contributed by atoms with van der Waals surface area (Å²) in [5, 5.41) is 19.6. The summed E-state index contributed by atoms with van der Waals surface area (Å²) >= 11 is 3.19. The van der Waals surface area contributed by atoms with Crippen molar-refractivity contribution in [2.45, 2.75) is 6.61 Å².